The van der Waals surface area contributed by atoms with Gasteiger partial charge in [-0.05, 0) is 13.0 Å². The first-order chi connectivity index (χ1) is 9.62. The lowest BCUT2D eigenvalue weighted by Gasteiger charge is -2.16. The van der Waals surface area contributed by atoms with Crippen LogP contribution in [0.1, 0.15) is 17.3 Å². The van der Waals surface area contributed by atoms with Crippen molar-refractivity contribution in [2.24, 2.45) is 0 Å². The van der Waals surface area contributed by atoms with Crippen LogP contribution in [0.4, 0.5) is 11.5 Å². The van der Waals surface area contributed by atoms with Gasteiger partial charge in [0.2, 0.25) is 0 Å². The number of carbonyl (C=O) groups excluding carboxylic acids is 1. The molecule has 0 amide bonds. The summed E-state index contributed by atoms with van der Waals surface area (Å²) >= 11 is 0. The lowest BCUT2D eigenvalue weighted by Crippen LogP contribution is -2.27. The van der Waals surface area contributed by atoms with Crippen molar-refractivity contribution >= 4 is 17.5 Å². The van der Waals surface area contributed by atoms with Crippen molar-refractivity contribution in [3.63, 3.8) is 0 Å². The van der Waals surface area contributed by atoms with Gasteiger partial charge in [0.25, 0.3) is 0 Å². The van der Waals surface area contributed by atoms with E-state index in [9.17, 15) is 4.79 Å². The minimum Gasteiger partial charge on any atom is -0.462 e. The first-order valence-electron chi connectivity index (χ1n) is 6.30. The fourth-order valence-corrected chi connectivity index (χ4v) is 1.56. The monoisotopic (exact) mass is 283 g/mol. The predicted molar refractivity (Wildman–Crippen MR) is 75.8 cm³/mol. The molecule has 1 aromatic heterocycles. The second-order valence-corrected chi connectivity index (χ2v) is 4.07. The van der Waals surface area contributed by atoms with E-state index in [0.717, 1.165) is 0 Å². The SMILES string of the molecule is CCOC(=O)c1cc(NCC(COC)OC)ncc1N. The number of nitrogen functional groups attached to an aromatic ring is 1. The molecular formula is C13H21N3O4. The average Bonchev–Trinajstić information content (AvgIpc) is 2.45. The van der Waals surface area contributed by atoms with Crippen molar-refractivity contribution in [3.8, 4) is 0 Å². The van der Waals surface area contributed by atoms with Crippen LogP contribution in [0.5, 0.6) is 0 Å². The number of hydrogen-bond acceptors (Lipinski definition) is 7. The van der Waals surface area contributed by atoms with Crippen molar-refractivity contribution in [2.75, 3.05) is 45.0 Å². The maximum atomic E-state index is 11.7. The van der Waals surface area contributed by atoms with Gasteiger partial charge in [-0.15, -0.1) is 0 Å². The first kappa shape index (κ1) is 16.2. The van der Waals surface area contributed by atoms with Gasteiger partial charge in [-0.3, -0.25) is 0 Å². The zero-order valence-electron chi connectivity index (χ0n) is 12.0. The number of rotatable bonds is 8. The molecule has 1 atom stereocenters. The molecule has 0 radical (unpaired) electrons. The summed E-state index contributed by atoms with van der Waals surface area (Å²) in [5.74, 6) is 0.0658. The van der Waals surface area contributed by atoms with Crippen molar-refractivity contribution in [1.82, 2.24) is 4.98 Å². The Morgan fingerprint density at radius 2 is 2.25 bits per heavy atom. The summed E-state index contributed by atoms with van der Waals surface area (Å²) in [5, 5.41) is 3.07. The summed E-state index contributed by atoms with van der Waals surface area (Å²) in [5.41, 5.74) is 6.30. The molecule has 0 aromatic carbocycles. The molecule has 3 N–H and O–H groups in total. The standard InChI is InChI=1S/C13H21N3O4/c1-4-20-13(17)10-5-12(16-7-11(10)14)15-6-9(19-3)8-18-2/h5,7,9H,4,6,8,14H2,1-3H3,(H,15,16). The maximum Gasteiger partial charge on any atom is 0.340 e. The molecule has 0 aliphatic carbocycles. The van der Waals surface area contributed by atoms with Gasteiger partial charge in [0.1, 0.15) is 5.82 Å². The van der Waals surface area contributed by atoms with E-state index in [2.05, 4.69) is 10.3 Å². The topological polar surface area (TPSA) is 95.7 Å². The highest BCUT2D eigenvalue weighted by molar-refractivity contribution is 5.95. The zero-order valence-corrected chi connectivity index (χ0v) is 12.0. The molecule has 0 bridgehead atoms. The lowest BCUT2D eigenvalue weighted by atomic mass is 10.2. The van der Waals surface area contributed by atoms with E-state index in [0.29, 0.717) is 31.1 Å². The second-order valence-electron chi connectivity index (χ2n) is 4.07. The summed E-state index contributed by atoms with van der Waals surface area (Å²) in [6, 6.07) is 1.56. The van der Waals surface area contributed by atoms with Crippen LogP contribution in [0.15, 0.2) is 12.3 Å². The Hall–Kier alpha value is -1.86. The number of hydrogen-bond donors (Lipinski definition) is 2. The summed E-state index contributed by atoms with van der Waals surface area (Å²) in [6.45, 7) is 3.00. The van der Waals surface area contributed by atoms with Crippen LogP contribution in [-0.4, -0.2) is 51.0 Å². The molecule has 112 valence electrons. The first-order valence-corrected chi connectivity index (χ1v) is 6.30. The Kier molecular flexibility index (Phi) is 6.75. The minimum absolute atomic E-state index is 0.106. The van der Waals surface area contributed by atoms with Gasteiger partial charge in [-0.1, -0.05) is 0 Å². The molecule has 7 nitrogen and oxygen atoms in total. The van der Waals surface area contributed by atoms with Gasteiger partial charge in [0.15, 0.2) is 0 Å². The number of aromatic nitrogens is 1. The molecule has 0 aliphatic rings. The van der Waals surface area contributed by atoms with Gasteiger partial charge in [0, 0.05) is 20.8 Å². The summed E-state index contributed by atoms with van der Waals surface area (Å²) < 4.78 is 15.2. The molecule has 1 unspecified atom stereocenters. The normalized spacial score (nSPS) is 11.9. The van der Waals surface area contributed by atoms with E-state index in [4.69, 9.17) is 19.9 Å². The van der Waals surface area contributed by atoms with Crippen molar-refractivity contribution in [1.29, 1.82) is 0 Å². The van der Waals surface area contributed by atoms with Crippen LogP contribution in [0, 0.1) is 0 Å². The molecule has 7 heteroatoms. The molecule has 0 spiro atoms. The minimum atomic E-state index is -0.462. The van der Waals surface area contributed by atoms with E-state index in [-0.39, 0.29) is 11.8 Å². The number of methoxy groups -OCH3 is 2. The molecule has 0 saturated carbocycles. The Balaban J connectivity index is 2.72. The molecule has 20 heavy (non-hydrogen) atoms. The van der Waals surface area contributed by atoms with Crippen LogP contribution in [-0.2, 0) is 14.2 Å². The Morgan fingerprint density at radius 1 is 1.50 bits per heavy atom. The Labute approximate surface area is 118 Å². The number of esters is 1. The molecule has 0 aliphatic heterocycles. The van der Waals surface area contributed by atoms with Gasteiger partial charge in [0.05, 0.1) is 36.8 Å². The van der Waals surface area contributed by atoms with E-state index in [1.165, 1.54) is 6.20 Å². The van der Waals surface area contributed by atoms with Crippen molar-refractivity contribution in [3.05, 3.63) is 17.8 Å². The molecule has 0 saturated heterocycles. The fourth-order valence-electron chi connectivity index (χ4n) is 1.56. The van der Waals surface area contributed by atoms with Crippen LogP contribution in [0.2, 0.25) is 0 Å². The van der Waals surface area contributed by atoms with Gasteiger partial charge in [-0.2, -0.15) is 0 Å². The average molecular weight is 283 g/mol. The van der Waals surface area contributed by atoms with E-state index < -0.39 is 5.97 Å². The third kappa shape index (κ3) is 4.67. The molecule has 1 rings (SSSR count). The Bertz CT molecular complexity index is 440. The molecule has 0 fully saturated rings. The molecule has 1 aromatic rings. The highest BCUT2D eigenvalue weighted by Crippen LogP contribution is 2.16. The van der Waals surface area contributed by atoms with Crippen LogP contribution in [0.3, 0.4) is 0 Å². The van der Waals surface area contributed by atoms with Crippen LogP contribution >= 0.6 is 0 Å². The van der Waals surface area contributed by atoms with E-state index >= 15 is 0 Å². The summed E-state index contributed by atoms with van der Waals surface area (Å²) in [4.78, 5) is 15.8. The zero-order chi connectivity index (χ0) is 15.0. The highest BCUT2D eigenvalue weighted by Gasteiger charge is 2.13. The number of nitrogens with zero attached hydrogens (tertiary/aromatic N) is 1. The smallest absolute Gasteiger partial charge is 0.340 e. The predicted octanol–water partition coefficient (Wildman–Crippen LogP) is 0.914. The number of anilines is 2. The highest BCUT2D eigenvalue weighted by atomic mass is 16.5. The quantitative estimate of drug-likeness (QED) is 0.685. The molecular weight excluding hydrogens is 262 g/mol. The number of carbonyl (C=O) groups is 1. The van der Waals surface area contributed by atoms with Crippen molar-refractivity contribution in [2.45, 2.75) is 13.0 Å². The number of nitrogens with two attached hydrogens (primary N) is 1. The summed E-state index contributed by atoms with van der Waals surface area (Å²) in [7, 11) is 3.21. The number of ether oxygens (including phenoxy) is 3. The maximum absolute atomic E-state index is 11.7. The third-order valence-corrected chi connectivity index (χ3v) is 2.63. The van der Waals surface area contributed by atoms with E-state index in [1.54, 1.807) is 27.2 Å². The summed E-state index contributed by atoms with van der Waals surface area (Å²) in [6.07, 6.45) is 1.32. The Morgan fingerprint density at radius 3 is 2.85 bits per heavy atom. The second kappa shape index (κ2) is 8.34. The fraction of sp³-hybridized carbons (Fsp3) is 0.538. The van der Waals surface area contributed by atoms with Gasteiger partial charge < -0.3 is 25.3 Å². The third-order valence-electron chi connectivity index (χ3n) is 2.63. The van der Waals surface area contributed by atoms with Crippen LogP contribution < -0.4 is 11.1 Å². The van der Waals surface area contributed by atoms with E-state index in [1.807, 2.05) is 0 Å². The largest absolute Gasteiger partial charge is 0.462 e. The number of nitrogens with one attached hydrogen (secondary N) is 1. The van der Waals surface area contributed by atoms with Gasteiger partial charge >= 0.3 is 5.97 Å². The van der Waals surface area contributed by atoms with Gasteiger partial charge in [-0.25, -0.2) is 9.78 Å². The molecule has 1 heterocycles. The number of pyridine rings is 1. The van der Waals surface area contributed by atoms with Crippen LogP contribution in [0.25, 0.3) is 0 Å². The van der Waals surface area contributed by atoms with Crippen molar-refractivity contribution < 1.29 is 19.0 Å². The lowest BCUT2D eigenvalue weighted by molar-refractivity contribution is 0.0365.